The van der Waals surface area contributed by atoms with Gasteiger partial charge in [0.2, 0.25) is 0 Å². The van der Waals surface area contributed by atoms with E-state index >= 15 is 0 Å². The maximum Gasteiger partial charge on any atom is 0.318 e. The fourth-order valence-corrected chi connectivity index (χ4v) is 4.23. The van der Waals surface area contributed by atoms with Crippen LogP contribution in [0.25, 0.3) is 0 Å². The number of urea groups is 1. The largest absolute Gasteiger partial charge is 0.461 e. The van der Waals surface area contributed by atoms with E-state index in [0.717, 1.165) is 50.0 Å². The van der Waals surface area contributed by atoms with Crippen LogP contribution in [-0.2, 0) is 11.3 Å². The van der Waals surface area contributed by atoms with Crippen molar-refractivity contribution in [2.45, 2.75) is 50.8 Å². The van der Waals surface area contributed by atoms with Gasteiger partial charge < -0.3 is 24.3 Å². The minimum atomic E-state index is 0.0528. The Morgan fingerprint density at radius 3 is 2.96 bits per heavy atom. The SMILES string of the molecule is COCc1ccc([C@@H]2CCCN2C(=O)NC[C@H]2CCN(C3CC3)C2)o1. The van der Waals surface area contributed by atoms with Crippen LogP contribution in [0.4, 0.5) is 4.79 Å². The zero-order valence-corrected chi connectivity index (χ0v) is 15.1. The zero-order chi connectivity index (χ0) is 17.2. The summed E-state index contributed by atoms with van der Waals surface area (Å²) < 4.78 is 11.0. The molecule has 0 bridgehead atoms. The molecule has 2 saturated heterocycles. The monoisotopic (exact) mass is 347 g/mol. The number of carbonyl (C=O) groups is 1. The van der Waals surface area contributed by atoms with E-state index in [-0.39, 0.29) is 12.1 Å². The van der Waals surface area contributed by atoms with Crippen LogP contribution in [0.1, 0.15) is 49.7 Å². The van der Waals surface area contributed by atoms with Gasteiger partial charge in [-0.05, 0) is 56.7 Å². The van der Waals surface area contributed by atoms with E-state index in [2.05, 4.69) is 10.2 Å². The van der Waals surface area contributed by atoms with Crippen molar-refractivity contribution in [1.29, 1.82) is 0 Å². The summed E-state index contributed by atoms with van der Waals surface area (Å²) in [5, 5.41) is 3.17. The number of amides is 2. The number of nitrogens with zero attached hydrogens (tertiary/aromatic N) is 2. The van der Waals surface area contributed by atoms with Gasteiger partial charge in [0.1, 0.15) is 18.1 Å². The lowest BCUT2D eigenvalue weighted by molar-refractivity contribution is 0.156. The molecule has 1 aromatic rings. The van der Waals surface area contributed by atoms with E-state index in [9.17, 15) is 4.79 Å². The number of ether oxygens (including phenoxy) is 1. The normalized spacial score (nSPS) is 27.2. The Hall–Kier alpha value is -1.53. The summed E-state index contributed by atoms with van der Waals surface area (Å²) in [5.41, 5.74) is 0. The van der Waals surface area contributed by atoms with Gasteiger partial charge in [-0.1, -0.05) is 0 Å². The average molecular weight is 347 g/mol. The number of furan rings is 1. The number of hydrogen-bond acceptors (Lipinski definition) is 4. The fourth-order valence-electron chi connectivity index (χ4n) is 4.23. The van der Waals surface area contributed by atoms with Crippen LogP contribution >= 0.6 is 0 Å². The minimum absolute atomic E-state index is 0.0528. The Morgan fingerprint density at radius 1 is 1.28 bits per heavy atom. The van der Waals surface area contributed by atoms with Crippen molar-refractivity contribution >= 4 is 6.03 Å². The number of hydrogen-bond donors (Lipinski definition) is 1. The summed E-state index contributed by atoms with van der Waals surface area (Å²) in [6, 6.07) is 4.87. The van der Waals surface area contributed by atoms with E-state index in [1.807, 2.05) is 17.0 Å². The summed E-state index contributed by atoms with van der Waals surface area (Å²) >= 11 is 0. The highest BCUT2D eigenvalue weighted by atomic mass is 16.5. The van der Waals surface area contributed by atoms with Crippen molar-refractivity contribution in [3.63, 3.8) is 0 Å². The number of methoxy groups -OCH3 is 1. The highest BCUT2D eigenvalue weighted by Gasteiger charge is 2.35. The lowest BCUT2D eigenvalue weighted by atomic mass is 10.1. The van der Waals surface area contributed by atoms with Gasteiger partial charge in [0.25, 0.3) is 0 Å². The molecule has 3 heterocycles. The Labute approximate surface area is 149 Å². The van der Waals surface area contributed by atoms with Gasteiger partial charge in [-0.25, -0.2) is 4.79 Å². The molecular weight excluding hydrogens is 318 g/mol. The van der Waals surface area contributed by atoms with Crippen LogP contribution < -0.4 is 5.32 Å². The van der Waals surface area contributed by atoms with E-state index in [1.54, 1.807) is 7.11 Å². The molecule has 6 nitrogen and oxygen atoms in total. The topological polar surface area (TPSA) is 58.0 Å². The van der Waals surface area contributed by atoms with E-state index < -0.39 is 0 Å². The third-order valence-electron chi connectivity index (χ3n) is 5.73. The van der Waals surface area contributed by atoms with E-state index in [4.69, 9.17) is 9.15 Å². The maximum atomic E-state index is 12.7. The first-order valence-corrected chi connectivity index (χ1v) is 9.60. The molecule has 2 atom stereocenters. The molecule has 3 aliphatic rings. The summed E-state index contributed by atoms with van der Waals surface area (Å²) in [4.78, 5) is 17.2. The summed E-state index contributed by atoms with van der Waals surface area (Å²) in [6.07, 6.45) is 5.92. The second-order valence-electron chi connectivity index (χ2n) is 7.66. The van der Waals surface area contributed by atoms with Crippen LogP contribution in [-0.4, -0.2) is 55.2 Å². The van der Waals surface area contributed by atoms with Crippen LogP contribution in [0.5, 0.6) is 0 Å². The quantitative estimate of drug-likeness (QED) is 0.860. The Bertz CT molecular complexity index is 598. The molecular formula is C19H29N3O3. The van der Waals surface area contributed by atoms with Gasteiger partial charge in [-0.3, -0.25) is 0 Å². The van der Waals surface area contributed by atoms with Crippen molar-refractivity contribution in [2.75, 3.05) is 33.3 Å². The Morgan fingerprint density at radius 2 is 2.16 bits per heavy atom. The van der Waals surface area contributed by atoms with E-state index in [1.165, 1.54) is 25.8 Å². The molecule has 6 heteroatoms. The molecule has 0 radical (unpaired) electrons. The van der Waals surface area contributed by atoms with Crippen LogP contribution in [0, 0.1) is 5.92 Å². The number of nitrogens with one attached hydrogen (secondary N) is 1. The second-order valence-corrected chi connectivity index (χ2v) is 7.66. The molecule has 25 heavy (non-hydrogen) atoms. The molecule has 0 unspecified atom stereocenters. The van der Waals surface area contributed by atoms with Crippen molar-refractivity contribution in [1.82, 2.24) is 15.1 Å². The number of likely N-dealkylation sites (tertiary alicyclic amines) is 2. The second kappa shape index (κ2) is 7.38. The summed E-state index contributed by atoms with van der Waals surface area (Å²) in [7, 11) is 1.66. The average Bonchev–Trinajstić information content (AvgIpc) is 3.05. The summed E-state index contributed by atoms with van der Waals surface area (Å²) in [6.45, 7) is 4.41. The van der Waals surface area contributed by atoms with Gasteiger partial charge in [0, 0.05) is 32.8 Å². The molecule has 3 fully saturated rings. The standard InChI is InChI=1S/C19H29N3O3/c1-24-13-16-6-7-18(25-16)17-3-2-9-22(17)19(23)20-11-14-8-10-21(12-14)15-4-5-15/h6-7,14-15,17H,2-5,8-13H2,1H3,(H,20,23)/t14-,17+/m1/s1. The predicted octanol–water partition coefficient (Wildman–Crippen LogP) is 2.76. The fraction of sp³-hybridized carbons (Fsp3) is 0.737. The zero-order valence-electron chi connectivity index (χ0n) is 15.1. The van der Waals surface area contributed by atoms with Crippen molar-refractivity contribution in [3.05, 3.63) is 23.7 Å². The first-order chi connectivity index (χ1) is 12.2. The van der Waals surface area contributed by atoms with Gasteiger partial charge in [-0.15, -0.1) is 0 Å². The lowest BCUT2D eigenvalue weighted by Crippen LogP contribution is -2.41. The molecule has 1 N–H and O–H groups in total. The molecule has 1 aliphatic carbocycles. The maximum absolute atomic E-state index is 12.7. The van der Waals surface area contributed by atoms with Crippen molar-refractivity contribution < 1.29 is 13.9 Å². The van der Waals surface area contributed by atoms with Crippen LogP contribution in [0.2, 0.25) is 0 Å². The van der Waals surface area contributed by atoms with Crippen LogP contribution in [0.15, 0.2) is 16.5 Å². The van der Waals surface area contributed by atoms with Crippen molar-refractivity contribution in [2.24, 2.45) is 5.92 Å². The van der Waals surface area contributed by atoms with E-state index in [0.29, 0.717) is 12.5 Å². The smallest absolute Gasteiger partial charge is 0.318 e. The molecule has 4 rings (SSSR count). The third-order valence-corrected chi connectivity index (χ3v) is 5.73. The Kier molecular flexibility index (Phi) is 4.99. The minimum Gasteiger partial charge on any atom is -0.461 e. The lowest BCUT2D eigenvalue weighted by Gasteiger charge is -2.24. The van der Waals surface area contributed by atoms with Gasteiger partial charge >= 0.3 is 6.03 Å². The molecule has 138 valence electrons. The highest BCUT2D eigenvalue weighted by Crippen LogP contribution is 2.34. The number of rotatable bonds is 6. The molecule has 0 aromatic carbocycles. The summed E-state index contributed by atoms with van der Waals surface area (Å²) in [5.74, 6) is 2.29. The highest BCUT2D eigenvalue weighted by molar-refractivity contribution is 5.75. The molecule has 2 amide bonds. The van der Waals surface area contributed by atoms with Gasteiger partial charge in [0.05, 0.1) is 6.04 Å². The molecule has 0 spiro atoms. The number of carbonyl (C=O) groups excluding carboxylic acids is 1. The third kappa shape index (κ3) is 3.85. The molecule has 1 aromatic heterocycles. The first kappa shape index (κ1) is 16.9. The van der Waals surface area contributed by atoms with Crippen LogP contribution in [0.3, 0.4) is 0 Å². The molecule has 2 aliphatic heterocycles. The van der Waals surface area contributed by atoms with Gasteiger partial charge in [-0.2, -0.15) is 0 Å². The first-order valence-electron chi connectivity index (χ1n) is 9.60. The Balaban J connectivity index is 1.29. The van der Waals surface area contributed by atoms with Gasteiger partial charge in [0.15, 0.2) is 0 Å². The van der Waals surface area contributed by atoms with Crippen molar-refractivity contribution in [3.8, 4) is 0 Å². The predicted molar refractivity (Wildman–Crippen MR) is 94.2 cm³/mol. The molecule has 1 saturated carbocycles.